The van der Waals surface area contributed by atoms with Crippen molar-refractivity contribution >= 4 is 11.6 Å². The molecule has 0 saturated carbocycles. The van der Waals surface area contributed by atoms with E-state index in [2.05, 4.69) is 0 Å². The third-order valence-corrected chi connectivity index (χ3v) is 3.36. The molecule has 1 N–H and O–H groups in total. The Hall–Kier alpha value is -0.720. The largest absolute Gasteiger partial charge is 0.389 e. The summed E-state index contributed by atoms with van der Waals surface area (Å²) in [6, 6.07) is 4.61. The minimum absolute atomic E-state index is 0.171. The molecule has 0 saturated heterocycles. The summed E-state index contributed by atoms with van der Waals surface area (Å²) < 4.78 is 24.4. The Morgan fingerprint density at radius 1 is 1.32 bits per heavy atom. The van der Waals surface area contributed by atoms with Crippen LogP contribution >= 0.6 is 11.6 Å². The molecule has 0 heterocycles. The molecule has 22 heavy (non-hydrogen) atoms. The number of aliphatic hydroxyl groups excluding tert-OH is 1. The lowest BCUT2D eigenvalue weighted by Crippen LogP contribution is -2.32. The molecule has 126 valence electrons. The molecule has 4 nitrogen and oxygen atoms in total. The quantitative estimate of drug-likeness (QED) is 0.668. The van der Waals surface area contributed by atoms with Gasteiger partial charge in [0, 0.05) is 23.7 Å². The van der Waals surface area contributed by atoms with E-state index in [0.29, 0.717) is 36.9 Å². The molecule has 1 aromatic carbocycles. The van der Waals surface area contributed by atoms with Crippen LogP contribution in [-0.4, -0.2) is 55.6 Å². The summed E-state index contributed by atoms with van der Waals surface area (Å²) in [6.07, 6.45) is -0.472. The van der Waals surface area contributed by atoms with Crippen molar-refractivity contribution in [2.45, 2.75) is 32.6 Å². The van der Waals surface area contributed by atoms with Gasteiger partial charge in [-0.2, -0.15) is 0 Å². The summed E-state index contributed by atoms with van der Waals surface area (Å²) in [6.45, 7) is 5.78. The fourth-order valence-electron chi connectivity index (χ4n) is 1.99. The van der Waals surface area contributed by atoms with Crippen molar-refractivity contribution in [2.75, 3.05) is 33.4 Å². The van der Waals surface area contributed by atoms with Crippen LogP contribution in [0.5, 0.6) is 0 Å². The van der Waals surface area contributed by atoms with E-state index in [-0.39, 0.29) is 18.5 Å². The topological polar surface area (TPSA) is 41.9 Å². The smallest absolute Gasteiger partial charge is 0.129 e. The third kappa shape index (κ3) is 7.51. The second kappa shape index (κ2) is 10.1. The van der Waals surface area contributed by atoms with E-state index in [1.165, 1.54) is 6.07 Å². The van der Waals surface area contributed by atoms with E-state index in [4.69, 9.17) is 21.1 Å². The zero-order valence-corrected chi connectivity index (χ0v) is 14.1. The summed E-state index contributed by atoms with van der Waals surface area (Å²) in [4.78, 5) is 1.81. The van der Waals surface area contributed by atoms with Crippen LogP contribution in [0.3, 0.4) is 0 Å². The summed E-state index contributed by atoms with van der Waals surface area (Å²) >= 11 is 5.99. The Morgan fingerprint density at radius 2 is 2.05 bits per heavy atom. The lowest BCUT2D eigenvalue weighted by molar-refractivity contribution is -0.0174. The number of hydrogen-bond acceptors (Lipinski definition) is 4. The number of hydrogen-bond donors (Lipinski definition) is 1. The molecule has 0 aromatic heterocycles. The van der Waals surface area contributed by atoms with Crippen LogP contribution in [0.25, 0.3) is 0 Å². The first kappa shape index (κ1) is 19.3. The van der Waals surface area contributed by atoms with Gasteiger partial charge in [-0.05, 0) is 33.0 Å². The van der Waals surface area contributed by atoms with Gasteiger partial charge < -0.3 is 14.6 Å². The van der Waals surface area contributed by atoms with Gasteiger partial charge in [-0.3, -0.25) is 4.90 Å². The summed E-state index contributed by atoms with van der Waals surface area (Å²) in [5.74, 6) is -0.337. The van der Waals surface area contributed by atoms with Crippen molar-refractivity contribution in [3.8, 4) is 0 Å². The summed E-state index contributed by atoms with van der Waals surface area (Å²) in [7, 11) is 1.80. The lowest BCUT2D eigenvalue weighted by Gasteiger charge is -2.21. The molecule has 0 radical (unpaired) electrons. The minimum Gasteiger partial charge on any atom is -0.389 e. The Morgan fingerprint density at radius 3 is 2.68 bits per heavy atom. The molecule has 0 amide bonds. The maximum atomic E-state index is 13.7. The van der Waals surface area contributed by atoms with Crippen molar-refractivity contribution in [1.29, 1.82) is 0 Å². The van der Waals surface area contributed by atoms with Crippen molar-refractivity contribution in [3.05, 3.63) is 34.6 Å². The molecule has 1 atom stereocenters. The molecule has 0 aliphatic carbocycles. The number of rotatable bonds is 10. The second-order valence-corrected chi connectivity index (χ2v) is 5.95. The van der Waals surface area contributed by atoms with E-state index in [0.717, 1.165) is 0 Å². The van der Waals surface area contributed by atoms with Crippen molar-refractivity contribution in [1.82, 2.24) is 4.90 Å². The second-order valence-electron chi connectivity index (χ2n) is 5.55. The third-order valence-electron chi connectivity index (χ3n) is 3.00. The predicted octanol–water partition coefficient (Wildman–Crippen LogP) is 2.71. The van der Waals surface area contributed by atoms with Gasteiger partial charge in [-0.1, -0.05) is 17.7 Å². The number of aliphatic hydroxyl groups is 1. The van der Waals surface area contributed by atoms with Gasteiger partial charge in [-0.25, -0.2) is 4.39 Å². The van der Waals surface area contributed by atoms with Crippen LogP contribution < -0.4 is 0 Å². The van der Waals surface area contributed by atoms with Crippen LogP contribution in [0.15, 0.2) is 18.2 Å². The number of ether oxygens (including phenoxy) is 2. The molecule has 0 bridgehead atoms. The molecule has 0 aliphatic rings. The monoisotopic (exact) mass is 333 g/mol. The van der Waals surface area contributed by atoms with E-state index >= 15 is 0 Å². The molecule has 1 rings (SSSR count). The lowest BCUT2D eigenvalue weighted by atomic mass is 10.2. The van der Waals surface area contributed by atoms with Crippen LogP contribution in [0.2, 0.25) is 5.02 Å². The van der Waals surface area contributed by atoms with Gasteiger partial charge in [0.2, 0.25) is 0 Å². The van der Waals surface area contributed by atoms with Crippen molar-refractivity contribution in [2.24, 2.45) is 0 Å². The number of nitrogens with zero attached hydrogens (tertiary/aromatic N) is 1. The van der Waals surface area contributed by atoms with Gasteiger partial charge in [0.25, 0.3) is 0 Å². The van der Waals surface area contributed by atoms with Gasteiger partial charge in [0.15, 0.2) is 0 Å². The highest BCUT2D eigenvalue weighted by Gasteiger charge is 2.13. The van der Waals surface area contributed by atoms with E-state index in [1.54, 1.807) is 19.2 Å². The standard InChI is InChI=1S/C16H25ClFNO3/c1-12(2)22-8-7-21-11-13(20)9-19(3)10-14-15(17)5-4-6-16(14)18/h4-6,12-13,20H,7-11H2,1-3H3/t13-/m1/s1. The molecule has 0 fully saturated rings. The first-order chi connectivity index (χ1) is 10.4. The molecule has 0 unspecified atom stereocenters. The minimum atomic E-state index is -0.644. The van der Waals surface area contributed by atoms with Gasteiger partial charge in [0.05, 0.1) is 32.0 Å². The molecular formula is C16H25ClFNO3. The maximum absolute atomic E-state index is 13.7. The normalized spacial score (nSPS) is 13.1. The van der Waals surface area contributed by atoms with Crippen LogP contribution in [0, 0.1) is 5.82 Å². The van der Waals surface area contributed by atoms with Gasteiger partial charge in [0.1, 0.15) is 5.82 Å². The molecule has 0 aliphatic heterocycles. The molecule has 6 heteroatoms. The number of halogens is 2. The average Bonchev–Trinajstić information content (AvgIpc) is 2.42. The van der Waals surface area contributed by atoms with Crippen LogP contribution in [0.1, 0.15) is 19.4 Å². The average molecular weight is 334 g/mol. The fraction of sp³-hybridized carbons (Fsp3) is 0.625. The first-order valence-electron chi connectivity index (χ1n) is 7.39. The number of benzene rings is 1. The van der Waals surface area contributed by atoms with E-state index in [1.807, 2.05) is 18.7 Å². The number of likely N-dealkylation sites (N-methyl/N-ethyl adjacent to an activating group) is 1. The Kier molecular flexibility index (Phi) is 8.90. The van der Waals surface area contributed by atoms with E-state index < -0.39 is 6.10 Å². The van der Waals surface area contributed by atoms with Gasteiger partial charge in [-0.15, -0.1) is 0 Å². The zero-order valence-electron chi connectivity index (χ0n) is 13.4. The summed E-state index contributed by atoms with van der Waals surface area (Å²) in [5, 5.41) is 10.3. The van der Waals surface area contributed by atoms with Gasteiger partial charge >= 0.3 is 0 Å². The maximum Gasteiger partial charge on any atom is 0.129 e. The van der Waals surface area contributed by atoms with E-state index in [9.17, 15) is 9.50 Å². The summed E-state index contributed by atoms with van der Waals surface area (Å²) in [5.41, 5.74) is 0.435. The first-order valence-corrected chi connectivity index (χ1v) is 7.76. The molecule has 0 spiro atoms. The van der Waals surface area contributed by atoms with Crippen LogP contribution in [0.4, 0.5) is 4.39 Å². The zero-order chi connectivity index (χ0) is 16.5. The highest BCUT2D eigenvalue weighted by Crippen LogP contribution is 2.20. The highest BCUT2D eigenvalue weighted by molar-refractivity contribution is 6.31. The molecule has 1 aromatic rings. The van der Waals surface area contributed by atoms with Crippen molar-refractivity contribution in [3.63, 3.8) is 0 Å². The Bertz CT molecular complexity index is 425. The molecular weight excluding hydrogens is 309 g/mol. The highest BCUT2D eigenvalue weighted by atomic mass is 35.5. The Labute approximate surface area is 136 Å². The Balaban J connectivity index is 2.28. The van der Waals surface area contributed by atoms with Crippen LogP contribution in [-0.2, 0) is 16.0 Å². The SMILES string of the molecule is CC(C)OCCOC[C@H](O)CN(C)Cc1c(F)cccc1Cl. The predicted molar refractivity (Wildman–Crippen MR) is 85.7 cm³/mol. The van der Waals surface area contributed by atoms with Crippen molar-refractivity contribution < 1.29 is 19.0 Å². The fourth-order valence-corrected chi connectivity index (χ4v) is 2.22.